The second kappa shape index (κ2) is 9.00. The van der Waals surface area contributed by atoms with Gasteiger partial charge in [-0.2, -0.15) is 5.10 Å². The molecule has 1 heterocycles. The van der Waals surface area contributed by atoms with Crippen LogP contribution in [0, 0.1) is 0 Å². The topological polar surface area (TPSA) is 35.9 Å². The van der Waals surface area contributed by atoms with Gasteiger partial charge in [-0.05, 0) is 47.9 Å². The lowest BCUT2D eigenvalue weighted by Crippen LogP contribution is -2.29. The number of halogens is 2. The first kappa shape index (κ1) is 20.6. The van der Waals surface area contributed by atoms with E-state index in [0.717, 1.165) is 22.4 Å². The van der Waals surface area contributed by atoms with Crippen LogP contribution in [0.25, 0.3) is 0 Å². The highest BCUT2D eigenvalue weighted by Gasteiger charge is 2.39. The van der Waals surface area contributed by atoms with Gasteiger partial charge in [0.2, 0.25) is 0 Å². The van der Waals surface area contributed by atoms with E-state index in [4.69, 9.17) is 28.3 Å². The Balaban J connectivity index is 1.71. The molecule has 0 bridgehead atoms. The zero-order valence-electron chi connectivity index (χ0n) is 16.5. The molecule has 0 aliphatic carbocycles. The van der Waals surface area contributed by atoms with Crippen molar-refractivity contribution in [3.8, 4) is 0 Å². The minimum Gasteiger partial charge on any atom is -0.271 e. The minimum absolute atomic E-state index is 0.0516. The van der Waals surface area contributed by atoms with E-state index in [0.29, 0.717) is 16.6 Å². The average molecular weight is 438 g/mol. The van der Waals surface area contributed by atoms with Crippen LogP contribution in [0.4, 0.5) is 0 Å². The zero-order chi connectivity index (χ0) is 21.1. The van der Waals surface area contributed by atoms with Gasteiger partial charge in [0.15, 0.2) is 0 Å². The van der Waals surface area contributed by atoms with Gasteiger partial charge in [-0.15, -0.1) is 0 Å². The summed E-state index contributed by atoms with van der Waals surface area (Å²) in [5.74, 6) is -0.0516. The Kier molecular flexibility index (Phi) is 6.18. The lowest BCUT2D eigenvalue weighted by Gasteiger charge is -2.28. The van der Waals surface area contributed by atoms with E-state index in [9.17, 15) is 4.79 Å². The van der Waals surface area contributed by atoms with Gasteiger partial charge in [0.1, 0.15) is 6.17 Å². The Morgan fingerprint density at radius 3 is 2.40 bits per heavy atom. The summed E-state index contributed by atoms with van der Waals surface area (Å²) in [5, 5.41) is 7.57. The van der Waals surface area contributed by atoms with Crippen molar-refractivity contribution in [3.63, 3.8) is 0 Å². The predicted octanol–water partition coefficient (Wildman–Crippen LogP) is 5.76. The summed E-state index contributed by atoms with van der Waals surface area (Å²) in [5.41, 5.74) is 3.72. The maximum Gasteiger partial charge on any atom is 0.258 e. The smallest absolute Gasteiger partial charge is 0.258 e. The van der Waals surface area contributed by atoms with E-state index in [2.05, 4.69) is 17.0 Å². The number of amides is 1. The summed E-state index contributed by atoms with van der Waals surface area (Å²) in [6.45, 7) is 2.81. The van der Waals surface area contributed by atoms with E-state index in [1.54, 1.807) is 5.01 Å². The molecule has 1 atom stereocenters. The van der Waals surface area contributed by atoms with Crippen LogP contribution in [0.3, 0.4) is 0 Å². The van der Waals surface area contributed by atoms with Crippen LogP contribution in [-0.4, -0.2) is 28.1 Å². The van der Waals surface area contributed by atoms with Gasteiger partial charge in [0.05, 0.1) is 12.3 Å². The molecule has 1 aliphatic rings. The quantitative estimate of drug-likeness (QED) is 0.475. The maximum absolute atomic E-state index is 13.0. The normalized spacial score (nSPS) is 17.6. The summed E-state index contributed by atoms with van der Waals surface area (Å²) in [4.78, 5) is 15.1. The molecule has 1 fully saturated rings. The summed E-state index contributed by atoms with van der Waals surface area (Å²) < 4.78 is 0. The van der Waals surface area contributed by atoms with Crippen molar-refractivity contribution in [2.75, 3.05) is 6.54 Å². The summed E-state index contributed by atoms with van der Waals surface area (Å²) in [6.07, 6.45) is -0.335. The number of rotatable bonds is 5. The van der Waals surface area contributed by atoms with Crippen molar-refractivity contribution in [3.05, 3.63) is 106 Å². The average Bonchev–Trinajstić information content (AvgIpc) is 3.04. The van der Waals surface area contributed by atoms with Gasteiger partial charge < -0.3 is 0 Å². The van der Waals surface area contributed by atoms with Crippen LogP contribution in [0.1, 0.15) is 29.8 Å². The van der Waals surface area contributed by atoms with Gasteiger partial charge in [-0.25, -0.2) is 5.01 Å². The molecule has 0 N–H and O–H groups in total. The predicted molar refractivity (Wildman–Crippen MR) is 122 cm³/mol. The number of nitrogens with zero attached hydrogens (tertiary/aromatic N) is 3. The molecule has 0 aromatic heterocycles. The molecule has 4 nitrogen and oxygen atoms in total. The lowest BCUT2D eigenvalue weighted by molar-refractivity contribution is -0.128. The SMILES string of the molecule is CC(=NN1C(=O)CN(Cc2ccccc2)C1c1cccc(Cl)c1)c1ccc(Cl)cc1. The van der Waals surface area contributed by atoms with Gasteiger partial charge in [0.25, 0.3) is 5.91 Å². The van der Waals surface area contributed by atoms with E-state index in [1.165, 1.54) is 0 Å². The minimum atomic E-state index is -0.335. The molecule has 1 saturated heterocycles. The third kappa shape index (κ3) is 4.57. The first-order valence-corrected chi connectivity index (χ1v) is 10.4. The second-order valence-electron chi connectivity index (χ2n) is 7.25. The maximum atomic E-state index is 13.0. The van der Waals surface area contributed by atoms with Gasteiger partial charge in [-0.1, -0.05) is 77.8 Å². The van der Waals surface area contributed by atoms with E-state index in [1.807, 2.05) is 73.7 Å². The fraction of sp³-hybridized carbons (Fsp3) is 0.167. The second-order valence-corrected chi connectivity index (χ2v) is 8.12. The van der Waals surface area contributed by atoms with Crippen LogP contribution in [0.15, 0.2) is 84.0 Å². The Bertz CT molecular complexity index is 1070. The number of hydrogen-bond donors (Lipinski definition) is 0. The van der Waals surface area contributed by atoms with E-state index < -0.39 is 0 Å². The zero-order valence-corrected chi connectivity index (χ0v) is 18.0. The summed E-state index contributed by atoms with van der Waals surface area (Å²) in [7, 11) is 0. The van der Waals surface area contributed by atoms with Crippen molar-refractivity contribution >= 4 is 34.8 Å². The largest absolute Gasteiger partial charge is 0.271 e. The molecule has 4 rings (SSSR count). The Hall–Kier alpha value is -2.66. The molecule has 0 radical (unpaired) electrons. The highest BCUT2D eigenvalue weighted by molar-refractivity contribution is 6.31. The van der Waals surface area contributed by atoms with Crippen molar-refractivity contribution in [2.24, 2.45) is 5.10 Å². The Morgan fingerprint density at radius 2 is 1.70 bits per heavy atom. The third-order valence-corrected chi connectivity index (χ3v) is 5.55. The van der Waals surface area contributed by atoms with Crippen LogP contribution in [0.5, 0.6) is 0 Å². The molecule has 152 valence electrons. The molecule has 6 heteroatoms. The van der Waals surface area contributed by atoms with E-state index >= 15 is 0 Å². The van der Waals surface area contributed by atoms with Crippen molar-refractivity contribution in [2.45, 2.75) is 19.6 Å². The number of carbonyl (C=O) groups excluding carboxylic acids is 1. The number of hydrogen-bond acceptors (Lipinski definition) is 3. The van der Waals surface area contributed by atoms with Crippen LogP contribution < -0.4 is 0 Å². The molecule has 1 aliphatic heterocycles. The monoisotopic (exact) mass is 437 g/mol. The molecular weight excluding hydrogens is 417 g/mol. The molecule has 3 aromatic rings. The summed E-state index contributed by atoms with van der Waals surface area (Å²) >= 11 is 12.3. The first-order chi connectivity index (χ1) is 14.5. The lowest BCUT2D eigenvalue weighted by atomic mass is 10.1. The molecule has 30 heavy (non-hydrogen) atoms. The molecule has 3 aromatic carbocycles. The molecule has 0 spiro atoms. The Morgan fingerprint density at radius 1 is 0.967 bits per heavy atom. The molecule has 1 amide bonds. The Labute approximate surface area is 186 Å². The highest BCUT2D eigenvalue weighted by atomic mass is 35.5. The van der Waals surface area contributed by atoms with Crippen LogP contribution >= 0.6 is 23.2 Å². The number of carbonyl (C=O) groups is 1. The fourth-order valence-electron chi connectivity index (χ4n) is 3.62. The molecule has 0 saturated carbocycles. The standard InChI is InChI=1S/C24H21Cl2N3O/c1-17(19-10-12-21(25)13-11-19)27-29-23(30)16-28(15-18-6-3-2-4-7-18)24(29)20-8-5-9-22(26)14-20/h2-14,24H,15-16H2,1H3. The highest BCUT2D eigenvalue weighted by Crippen LogP contribution is 2.34. The van der Waals surface area contributed by atoms with Crippen LogP contribution in [-0.2, 0) is 11.3 Å². The van der Waals surface area contributed by atoms with Gasteiger partial charge in [0, 0.05) is 16.6 Å². The van der Waals surface area contributed by atoms with Crippen molar-refractivity contribution < 1.29 is 4.79 Å². The van der Waals surface area contributed by atoms with E-state index in [-0.39, 0.29) is 18.6 Å². The number of benzene rings is 3. The first-order valence-electron chi connectivity index (χ1n) is 9.68. The van der Waals surface area contributed by atoms with Gasteiger partial charge >= 0.3 is 0 Å². The van der Waals surface area contributed by atoms with Crippen LogP contribution in [0.2, 0.25) is 10.0 Å². The third-order valence-electron chi connectivity index (χ3n) is 5.07. The number of hydrazone groups is 1. The summed E-state index contributed by atoms with van der Waals surface area (Å²) in [6, 6.07) is 25.1. The fourth-order valence-corrected chi connectivity index (χ4v) is 3.95. The molecular formula is C24H21Cl2N3O. The van der Waals surface area contributed by atoms with Gasteiger partial charge in [-0.3, -0.25) is 9.69 Å². The molecule has 1 unspecified atom stereocenters. The van der Waals surface area contributed by atoms with Crippen molar-refractivity contribution in [1.29, 1.82) is 0 Å². The van der Waals surface area contributed by atoms with Crippen molar-refractivity contribution in [1.82, 2.24) is 9.91 Å².